The van der Waals surface area contributed by atoms with E-state index < -0.39 is 11.7 Å². The minimum atomic E-state index is -0.425. The Balaban J connectivity index is 1.74. The quantitative estimate of drug-likeness (QED) is 0.780. The highest BCUT2D eigenvalue weighted by Crippen LogP contribution is 2.31. The van der Waals surface area contributed by atoms with Crippen molar-refractivity contribution in [3.05, 3.63) is 28.2 Å². The molecule has 0 spiro atoms. The molecule has 0 N–H and O–H groups in total. The van der Waals surface area contributed by atoms with Crippen LogP contribution in [0.1, 0.15) is 10.4 Å². The zero-order chi connectivity index (χ0) is 14.1. The van der Waals surface area contributed by atoms with Crippen LogP contribution in [0.2, 0.25) is 0 Å². The molecule has 20 heavy (non-hydrogen) atoms. The van der Waals surface area contributed by atoms with Crippen LogP contribution >= 0.6 is 15.9 Å². The number of carbonyl (C=O) groups excluding carboxylic acids is 2. The number of ketones is 1. The molecule has 0 bridgehead atoms. The van der Waals surface area contributed by atoms with Crippen molar-refractivity contribution >= 4 is 33.3 Å². The van der Waals surface area contributed by atoms with Gasteiger partial charge in [0.2, 0.25) is 0 Å². The third-order valence-corrected chi connectivity index (χ3v) is 4.17. The fourth-order valence-corrected chi connectivity index (χ4v) is 2.92. The van der Waals surface area contributed by atoms with Crippen LogP contribution in [0.3, 0.4) is 0 Å². The SMILES string of the molecule is O=C1C(=O)N(CCN2CCOCC2)c2ccc(Br)cc21. The number of amides is 1. The molecule has 1 amide bonds. The maximum atomic E-state index is 12.1. The molecule has 2 aliphatic heterocycles. The highest BCUT2D eigenvalue weighted by atomic mass is 79.9. The molecule has 5 nitrogen and oxygen atoms in total. The molecule has 3 rings (SSSR count). The summed E-state index contributed by atoms with van der Waals surface area (Å²) in [6.45, 7) is 4.52. The summed E-state index contributed by atoms with van der Waals surface area (Å²) in [5.41, 5.74) is 1.21. The van der Waals surface area contributed by atoms with Gasteiger partial charge in [-0.2, -0.15) is 0 Å². The van der Waals surface area contributed by atoms with Crippen LogP contribution in [-0.2, 0) is 9.53 Å². The number of anilines is 1. The minimum Gasteiger partial charge on any atom is -0.379 e. The normalized spacial score (nSPS) is 19.6. The Morgan fingerprint density at radius 2 is 1.90 bits per heavy atom. The van der Waals surface area contributed by atoms with Crippen LogP contribution in [0.5, 0.6) is 0 Å². The molecule has 1 aromatic rings. The molecular weight excluding hydrogens is 324 g/mol. The van der Waals surface area contributed by atoms with E-state index in [1.54, 1.807) is 11.0 Å². The number of carbonyl (C=O) groups is 2. The van der Waals surface area contributed by atoms with Crippen molar-refractivity contribution in [3.63, 3.8) is 0 Å². The number of fused-ring (bicyclic) bond motifs is 1. The lowest BCUT2D eigenvalue weighted by Gasteiger charge is -2.28. The molecule has 0 aromatic heterocycles. The largest absolute Gasteiger partial charge is 0.379 e. The third-order valence-electron chi connectivity index (χ3n) is 3.68. The van der Waals surface area contributed by atoms with E-state index in [4.69, 9.17) is 4.74 Å². The summed E-state index contributed by atoms with van der Waals surface area (Å²) in [5, 5.41) is 0. The van der Waals surface area contributed by atoms with Crippen LogP contribution in [0.4, 0.5) is 5.69 Å². The molecule has 1 aromatic carbocycles. The predicted octanol–water partition coefficient (Wildman–Crippen LogP) is 1.31. The first-order chi connectivity index (χ1) is 9.66. The van der Waals surface area contributed by atoms with E-state index >= 15 is 0 Å². The Morgan fingerprint density at radius 3 is 2.65 bits per heavy atom. The van der Waals surface area contributed by atoms with Gasteiger partial charge < -0.3 is 9.64 Å². The lowest BCUT2D eigenvalue weighted by Crippen LogP contribution is -2.42. The maximum absolute atomic E-state index is 12.1. The van der Waals surface area contributed by atoms with Crippen molar-refractivity contribution in [1.82, 2.24) is 4.90 Å². The smallest absolute Gasteiger partial charge is 0.299 e. The van der Waals surface area contributed by atoms with E-state index in [0.29, 0.717) is 12.1 Å². The van der Waals surface area contributed by atoms with Crippen molar-refractivity contribution < 1.29 is 14.3 Å². The first-order valence-corrected chi connectivity index (χ1v) is 7.42. The predicted molar refractivity (Wildman–Crippen MR) is 78.1 cm³/mol. The summed E-state index contributed by atoms with van der Waals surface area (Å²) >= 11 is 3.33. The van der Waals surface area contributed by atoms with Gasteiger partial charge in [0.15, 0.2) is 0 Å². The monoisotopic (exact) mass is 338 g/mol. The second-order valence-electron chi connectivity index (χ2n) is 4.90. The maximum Gasteiger partial charge on any atom is 0.299 e. The fraction of sp³-hybridized carbons (Fsp3) is 0.429. The van der Waals surface area contributed by atoms with E-state index in [1.165, 1.54) is 0 Å². The second kappa shape index (κ2) is 5.63. The summed E-state index contributed by atoms with van der Waals surface area (Å²) in [5.74, 6) is -0.838. The van der Waals surface area contributed by atoms with E-state index in [-0.39, 0.29) is 0 Å². The number of nitrogens with zero attached hydrogens (tertiary/aromatic N) is 2. The minimum absolute atomic E-state index is 0.414. The van der Waals surface area contributed by atoms with Crippen LogP contribution < -0.4 is 4.90 Å². The average Bonchev–Trinajstić information content (AvgIpc) is 2.70. The number of hydrogen-bond acceptors (Lipinski definition) is 4. The molecule has 6 heteroatoms. The van der Waals surface area contributed by atoms with Crippen molar-refractivity contribution in [2.45, 2.75) is 0 Å². The van der Waals surface area contributed by atoms with E-state index in [0.717, 1.165) is 43.0 Å². The lowest BCUT2D eigenvalue weighted by atomic mass is 10.1. The molecule has 0 atom stereocenters. The van der Waals surface area contributed by atoms with Crippen molar-refractivity contribution in [2.75, 3.05) is 44.3 Å². The molecule has 0 radical (unpaired) electrons. The van der Waals surface area contributed by atoms with Gasteiger partial charge in [0.1, 0.15) is 0 Å². The summed E-state index contributed by atoms with van der Waals surface area (Å²) in [6, 6.07) is 5.39. The van der Waals surface area contributed by atoms with E-state index in [2.05, 4.69) is 20.8 Å². The van der Waals surface area contributed by atoms with Crippen molar-refractivity contribution in [3.8, 4) is 0 Å². The van der Waals surface area contributed by atoms with Gasteiger partial charge in [-0.1, -0.05) is 15.9 Å². The van der Waals surface area contributed by atoms with Crippen LogP contribution in [0.15, 0.2) is 22.7 Å². The molecule has 0 unspecified atom stereocenters. The molecular formula is C14H15BrN2O3. The Morgan fingerprint density at radius 1 is 1.15 bits per heavy atom. The molecule has 0 aliphatic carbocycles. The first-order valence-electron chi connectivity index (χ1n) is 6.62. The molecule has 1 saturated heterocycles. The molecule has 0 saturated carbocycles. The van der Waals surface area contributed by atoms with E-state index in [9.17, 15) is 9.59 Å². The van der Waals surface area contributed by atoms with Gasteiger partial charge in [-0.3, -0.25) is 14.5 Å². The number of hydrogen-bond donors (Lipinski definition) is 0. The van der Waals surface area contributed by atoms with Gasteiger partial charge in [0.05, 0.1) is 24.5 Å². The molecule has 106 valence electrons. The molecule has 1 fully saturated rings. The molecule has 2 heterocycles. The highest BCUT2D eigenvalue weighted by Gasteiger charge is 2.35. The number of ether oxygens (including phenoxy) is 1. The third kappa shape index (κ3) is 2.51. The number of halogens is 1. The molecule has 2 aliphatic rings. The lowest BCUT2D eigenvalue weighted by molar-refractivity contribution is -0.114. The van der Waals surface area contributed by atoms with Gasteiger partial charge in [-0.15, -0.1) is 0 Å². The number of rotatable bonds is 3. The summed E-state index contributed by atoms with van der Waals surface area (Å²) < 4.78 is 6.11. The Bertz CT molecular complexity index is 555. The Kier molecular flexibility index (Phi) is 3.87. The van der Waals surface area contributed by atoms with Crippen molar-refractivity contribution in [1.29, 1.82) is 0 Å². The van der Waals surface area contributed by atoms with Crippen molar-refractivity contribution in [2.24, 2.45) is 0 Å². The van der Waals surface area contributed by atoms with E-state index in [1.807, 2.05) is 12.1 Å². The van der Waals surface area contributed by atoms with Crippen LogP contribution in [0.25, 0.3) is 0 Å². The number of Topliss-reactive ketones (excluding diaryl/α,β-unsaturated/α-hetero) is 1. The van der Waals surface area contributed by atoms with Crippen LogP contribution in [0, 0.1) is 0 Å². The zero-order valence-electron chi connectivity index (χ0n) is 11.0. The summed E-state index contributed by atoms with van der Waals surface area (Å²) in [6.07, 6.45) is 0. The highest BCUT2D eigenvalue weighted by molar-refractivity contribution is 9.10. The Hall–Kier alpha value is -1.24. The van der Waals surface area contributed by atoms with Gasteiger partial charge in [-0.25, -0.2) is 0 Å². The summed E-state index contributed by atoms with van der Waals surface area (Å²) in [4.78, 5) is 27.9. The van der Waals surface area contributed by atoms with Gasteiger partial charge >= 0.3 is 0 Å². The number of morpholine rings is 1. The van der Waals surface area contributed by atoms with Gasteiger partial charge in [0.25, 0.3) is 11.7 Å². The average molecular weight is 339 g/mol. The van der Waals surface area contributed by atoms with Crippen LogP contribution in [-0.4, -0.2) is 56.0 Å². The summed E-state index contributed by atoms with van der Waals surface area (Å²) in [7, 11) is 0. The van der Waals surface area contributed by atoms with Gasteiger partial charge in [-0.05, 0) is 18.2 Å². The zero-order valence-corrected chi connectivity index (χ0v) is 12.6. The standard InChI is InChI=1S/C14H15BrN2O3/c15-10-1-2-12-11(9-10)13(18)14(19)17(12)4-3-16-5-7-20-8-6-16/h1-2,9H,3-8H2. The number of benzene rings is 1. The first kappa shape index (κ1) is 13.7. The second-order valence-corrected chi connectivity index (χ2v) is 5.82. The fourth-order valence-electron chi connectivity index (χ4n) is 2.56. The topological polar surface area (TPSA) is 49.9 Å². The Labute approximate surface area is 125 Å². The van der Waals surface area contributed by atoms with Gasteiger partial charge in [0, 0.05) is 30.7 Å².